The molecule has 0 unspecified atom stereocenters. The molecule has 0 aliphatic carbocycles. The second-order valence-electron chi connectivity index (χ2n) is 7.91. The molecule has 154 valence electrons. The van der Waals surface area contributed by atoms with Crippen molar-refractivity contribution in [3.8, 4) is 11.3 Å². The van der Waals surface area contributed by atoms with E-state index in [1.54, 1.807) is 18.2 Å². The van der Waals surface area contributed by atoms with Crippen LogP contribution in [-0.2, 0) is 4.74 Å². The average molecular weight is 436 g/mol. The number of benzene rings is 1. The Balaban J connectivity index is 1.67. The Labute approximate surface area is 179 Å². The van der Waals surface area contributed by atoms with E-state index in [1.165, 1.54) is 0 Å². The highest BCUT2D eigenvalue weighted by Crippen LogP contribution is 2.43. The van der Waals surface area contributed by atoms with Crippen LogP contribution in [0.15, 0.2) is 18.2 Å². The summed E-state index contributed by atoms with van der Waals surface area (Å²) < 4.78 is 5.79. The number of ether oxygens (including phenoxy) is 1. The van der Waals surface area contributed by atoms with Crippen LogP contribution in [0.4, 0.5) is 11.6 Å². The van der Waals surface area contributed by atoms with Gasteiger partial charge in [-0.25, -0.2) is 9.97 Å². The third-order valence-electron chi connectivity index (χ3n) is 5.86. The van der Waals surface area contributed by atoms with Crippen molar-refractivity contribution in [1.29, 1.82) is 0 Å². The zero-order chi connectivity index (χ0) is 20.8. The van der Waals surface area contributed by atoms with Gasteiger partial charge in [-0.05, 0) is 37.7 Å². The molecular weight excluding hydrogens is 413 g/mol. The van der Waals surface area contributed by atoms with Crippen molar-refractivity contribution in [3.05, 3.63) is 33.9 Å². The van der Waals surface area contributed by atoms with Gasteiger partial charge in [0.15, 0.2) is 17.3 Å². The molecule has 2 aliphatic heterocycles. The predicted octanol–water partition coefficient (Wildman–Crippen LogP) is 3.53. The molecule has 2 aromatic rings. The lowest BCUT2D eigenvalue weighted by Crippen LogP contribution is -2.42. The van der Waals surface area contributed by atoms with E-state index < -0.39 is 5.91 Å². The predicted molar refractivity (Wildman–Crippen MR) is 114 cm³/mol. The number of halogens is 2. The van der Waals surface area contributed by atoms with E-state index in [1.807, 2.05) is 4.90 Å². The molecule has 2 aliphatic rings. The molecule has 1 aromatic carbocycles. The number of amides is 1. The third-order valence-corrected chi connectivity index (χ3v) is 6.68. The number of hydrogen-bond donors (Lipinski definition) is 2. The monoisotopic (exact) mass is 435 g/mol. The normalized spacial score (nSPS) is 20.9. The van der Waals surface area contributed by atoms with Gasteiger partial charge in [-0.15, -0.1) is 0 Å². The quantitative estimate of drug-likeness (QED) is 0.763. The molecule has 4 rings (SSSR count). The summed E-state index contributed by atoms with van der Waals surface area (Å²) in [4.78, 5) is 23.2. The van der Waals surface area contributed by atoms with Gasteiger partial charge in [0.05, 0.1) is 22.8 Å². The molecule has 4 N–H and O–H groups in total. The van der Waals surface area contributed by atoms with Crippen LogP contribution < -0.4 is 16.4 Å². The fraction of sp³-hybridized carbons (Fsp3) is 0.450. The zero-order valence-corrected chi connectivity index (χ0v) is 17.6. The molecule has 1 amide bonds. The van der Waals surface area contributed by atoms with Gasteiger partial charge in [0.25, 0.3) is 5.91 Å². The molecule has 2 fully saturated rings. The average Bonchev–Trinajstić information content (AvgIpc) is 3.04. The summed E-state index contributed by atoms with van der Waals surface area (Å²) in [6.45, 7) is 4.37. The number of anilines is 2. The van der Waals surface area contributed by atoms with Crippen LogP contribution in [0.2, 0.25) is 10.0 Å². The second kappa shape index (κ2) is 7.63. The number of rotatable bonds is 3. The standard InChI is InChI=1S/C20H23Cl2N5O2/c1-11-9-20(10-29-11)5-7-27(8-6-20)19-16(18(24)28)25-15(17(23)26-19)12-3-2-4-13(21)14(12)22/h2-4,11H,5-10H2,1H3,(H2,23,26)(H2,24,28)/t11-/m0/s1. The molecule has 1 aromatic heterocycles. The molecule has 29 heavy (non-hydrogen) atoms. The van der Waals surface area contributed by atoms with E-state index in [4.69, 9.17) is 39.4 Å². The number of nitrogens with zero attached hydrogens (tertiary/aromatic N) is 3. The number of aromatic nitrogens is 2. The molecule has 3 heterocycles. The number of nitrogens with two attached hydrogens (primary N) is 2. The Bertz CT molecular complexity index is 960. The second-order valence-corrected chi connectivity index (χ2v) is 8.69. The summed E-state index contributed by atoms with van der Waals surface area (Å²) in [7, 11) is 0. The first kappa shape index (κ1) is 20.2. The van der Waals surface area contributed by atoms with E-state index in [0.717, 1.165) is 39.0 Å². The van der Waals surface area contributed by atoms with E-state index in [0.29, 0.717) is 33.2 Å². The van der Waals surface area contributed by atoms with Crippen molar-refractivity contribution < 1.29 is 9.53 Å². The molecule has 0 radical (unpaired) electrons. The smallest absolute Gasteiger partial charge is 0.271 e. The summed E-state index contributed by atoms with van der Waals surface area (Å²) in [5.41, 5.74) is 12.9. The lowest BCUT2D eigenvalue weighted by Gasteiger charge is -2.39. The van der Waals surface area contributed by atoms with Crippen LogP contribution in [0.5, 0.6) is 0 Å². The van der Waals surface area contributed by atoms with E-state index in [9.17, 15) is 4.79 Å². The van der Waals surface area contributed by atoms with Gasteiger partial charge in [0, 0.05) is 18.7 Å². The zero-order valence-electron chi connectivity index (χ0n) is 16.1. The SMILES string of the molecule is C[C@H]1CC2(CCN(c3nc(N)c(-c4cccc(Cl)c4Cl)nc3C(N)=O)CC2)CO1. The molecule has 1 atom stereocenters. The lowest BCUT2D eigenvalue weighted by atomic mass is 9.77. The van der Waals surface area contributed by atoms with E-state index in [-0.39, 0.29) is 16.9 Å². The Hall–Kier alpha value is -2.09. The van der Waals surface area contributed by atoms with Gasteiger partial charge in [-0.3, -0.25) is 4.79 Å². The fourth-order valence-electron chi connectivity index (χ4n) is 4.30. The van der Waals surface area contributed by atoms with E-state index in [2.05, 4.69) is 16.9 Å². The highest BCUT2D eigenvalue weighted by atomic mass is 35.5. The minimum atomic E-state index is -0.662. The van der Waals surface area contributed by atoms with Gasteiger partial charge < -0.3 is 21.1 Å². The Morgan fingerprint density at radius 2 is 2.00 bits per heavy atom. The van der Waals surface area contributed by atoms with Crippen molar-refractivity contribution in [2.45, 2.75) is 32.3 Å². The molecular formula is C20H23Cl2N5O2. The maximum absolute atomic E-state index is 12.2. The molecule has 1 spiro atoms. The summed E-state index contributed by atoms with van der Waals surface area (Å²) in [5, 5.41) is 0.665. The van der Waals surface area contributed by atoms with Gasteiger partial charge in [-0.1, -0.05) is 35.3 Å². The lowest BCUT2D eigenvalue weighted by molar-refractivity contribution is 0.0970. The first-order valence-corrected chi connectivity index (χ1v) is 10.3. The van der Waals surface area contributed by atoms with Crippen molar-refractivity contribution in [2.75, 3.05) is 30.3 Å². The molecule has 7 nitrogen and oxygen atoms in total. The molecule has 0 bridgehead atoms. The van der Waals surface area contributed by atoms with Crippen molar-refractivity contribution in [1.82, 2.24) is 9.97 Å². The first-order chi connectivity index (χ1) is 13.8. The van der Waals surface area contributed by atoms with Gasteiger partial charge >= 0.3 is 0 Å². The number of carbonyl (C=O) groups excluding carboxylic acids is 1. The summed E-state index contributed by atoms with van der Waals surface area (Å²) in [6.07, 6.45) is 3.27. The van der Waals surface area contributed by atoms with Gasteiger partial charge in [0.2, 0.25) is 0 Å². The van der Waals surface area contributed by atoms with Crippen molar-refractivity contribution in [3.63, 3.8) is 0 Å². The molecule has 9 heteroatoms. The Morgan fingerprint density at radius 3 is 2.62 bits per heavy atom. The van der Waals surface area contributed by atoms with Crippen LogP contribution in [0.3, 0.4) is 0 Å². The molecule has 2 saturated heterocycles. The van der Waals surface area contributed by atoms with Gasteiger partial charge in [-0.2, -0.15) is 0 Å². The topological polar surface area (TPSA) is 107 Å². The number of carbonyl (C=O) groups is 1. The van der Waals surface area contributed by atoms with E-state index >= 15 is 0 Å². The van der Waals surface area contributed by atoms with Crippen molar-refractivity contribution in [2.24, 2.45) is 11.1 Å². The summed E-state index contributed by atoms with van der Waals surface area (Å²) >= 11 is 12.4. The highest BCUT2D eigenvalue weighted by molar-refractivity contribution is 6.43. The Morgan fingerprint density at radius 1 is 1.28 bits per heavy atom. The number of piperidine rings is 1. The minimum absolute atomic E-state index is 0.0808. The van der Waals surface area contributed by atoms with Crippen LogP contribution in [0.25, 0.3) is 11.3 Å². The van der Waals surface area contributed by atoms with Crippen molar-refractivity contribution >= 4 is 40.7 Å². The largest absolute Gasteiger partial charge is 0.382 e. The third kappa shape index (κ3) is 3.74. The summed E-state index contributed by atoms with van der Waals surface area (Å²) in [6, 6.07) is 5.12. The van der Waals surface area contributed by atoms with Crippen LogP contribution in [0.1, 0.15) is 36.7 Å². The van der Waals surface area contributed by atoms with Crippen LogP contribution in [0, 0.1) is 5.41 Å². The highest BCUT2D eigenvalue weighted by Gasteiger charge is 2.41. The number of hydrogen-bond acceptors (Lipinski definition) is 6. The molecule has 0 saturated carbocycles. The van der Waals surface area contributed by atoms with Gasteiger partial charge in [0.1, 0.15) is 5.69 Å². The number of nitrogen functional groups attached to an aromatic ring is 1. The van der Waals surface area contributed by atoms with Crippen LogP contribution in [-0.4, -0.2) is 41.7 Å². The van der Waals surface area contributed by atoms with Crippen LogP contribution >= 0.6 is 23.2 Å². The summed E-state index contributed by atoms with van der Waals surface area (Å²) in [5.74, 6) is -0.0731. The minimum Gasteiger partial charge on any atom is -0.382 e. The fourth-order valence-corrected chi connectivity index (χ4v) is 4.69. The maximum atomic E-state index is 12.2. The maximum Gasteiger partial charge on any atom is 0.271 e. The number of primary amides is 1. The Kier molecular flexibility index (Phi) is 5.31. The first-order valence-electron chi connectivity index (χ1n) is 9.58.